The molecule has 0 aromatic carbocycles. The summed E-state index contributed by atoms with van der Waals surface area (Å²) < 4.78 is 10.4. The lowest BCUT2D eigenvalue weighted by Crippen LogP contribution is -2.11. The first kappa shape index (κ1) is 10.6. The Morgan fingerprint density at radius 1 is 1.43 bits per heavy atom. The standard InChI is InChI=1S/C9H15N3O2/c1-4-6(2)14-8-5-7(13-3)11-9(10)12-8/h5-6H,4H2,1-3H3,(H2,10,11,12). The van der Waals surface area contributed by atoms with E-state index in [2.05, 4.69) is 9.97 Å². The smallest absolute Gasteiger partial charge is 0.226 e. The first-order chi connectivity index (χ1) is 6.65. The van der Waals surface area contributed by atoms with Gasteiger partial charge >= 0.3 is 0 Å². The van der Waals surface area contributed by atoms with Crippen molar-refractivity contribution >= 4 is 5.95 Å². The van der Waals surface area contributed by atoms with Crippen LogP contribution in [0.15, 0.2) is 6.07 Å². The molecule has 0 amide bonds. The van der Waals surface area contributed by atoms with Gasteiger partial charge in [0.15, 0.2) is 0 Å². The van der Waals surface area contributed by atoms with E-state index in [-0.39, 0.29) is 12.1 Å². The van der Waals surface area contributed by atoms with Crippen LogP contribution in [0.25, 0.3) is 0 Å². The van der Waals surface area contributed by atoms with E-state index < -0.39 is 0 Å². The minimum absolute atomic E-state index is 0.106. The van der Waals surface area contributed by atoms with Crippen molar-refractivity contribution in [2.75, 3.05) is 12.8 Å². The van der Waals surface area contributed by atoms with Crippen molar-refractivity contribution in [1.82, 2.24) is 9.97 Å². The van der Waals surface area contributed by atoms with Crippen LogP contribution in [-0.2, 0) is 0 Å². The van der Waals surface area contributed by atoms with Crippen LogP contribution < -0.4 is 15.2 Å². The van der Waals surface area contributed by atoms with Gasteiger partial charge in [0.25, 0.3) is 0 Å². The van der Waals surface area contributed by atoms with Gasteiger partial charge in [0.2, 0.25) is 17.7 Å². The van der Waals surface area contributed by atoms with E-state index in [0.29, 0.717) is 11.8 Å². The van der Waals surface area contributed by atoms with Gasteiger partial charge in [-0.05, 0) is 13.3 Å². The van der Waals surface area contributed by atoms with Crippen molar-refractivity contribution < 1.29 is 9.47 Å². The summed E-state index contributed by atoms with van der Waals surface area (Å²) in [5, 5.41) is 0. The number of nitrogens with two attached hydrogens (primary N) is 1. The largest absolute Gasteiger partial charge is 0.481 e. The maximum Gasteiger partial charge on any atom is 0.226 e. The van der Waals surface area contributed by atoms with Gasteiger partial charge in [-0.2, -0.15) is 9.97 Å². The molecule has 5 nitrogen and oxygen atoms in total. The number of nitrogens with zero attached hydrogens (tertiary/aromatic N) is 2. The number of ether oxygens (including phenoxy) is 2. The summed E-state index contributed by atoms with van der Waals surface area (Å²) in [6.45, 7) is 4.00. The molecule has 0 aliphatic carbocycles. The van der Waals surface area contributed by atoms with Gasteiger partial charge in [-0.15, -0.1) is 0 Å². The molecule has 78 valence electrons. The topological polar surface area (TPSA) is 70.3 Å². The maximum absolute atomic E-state index is 5.48. The van der Waals surface area contributed by atoms with Crippen molar-refractivity contribution in [1.29, 1.82) is 0 Å². The van der Waals surface area contributed by atoms with Gasteiger partial charge in [0, 0.05) is 0 Å². The fourth-order valence-electron chi connectivity index (χ4n) is 0.875. The Kier molecular flexibility index (Phi) is 3.50. The fourth-order valence-corrected chi connectivity index (χ4v) is 0.875. The first-order valence-corrected chi connectivity index (χ1v) is 4.51. The lowest BCUT2D eigenvalue weighted by atomic mass is 10.3. The number of anilines is 1. The third kappa shape index (κ3) is 2.76. The molecule has 1 aromatic heterocycles. The second-order valence-corrected chi connectivity index (χ2v) is 2.94. The molecule has 1 aromatic rings. The summed E-state index contributed by atoms with van der Waals surface area (Å²) in [5.41, 5.74) is 5.47. The highest BCUT2D eigenvalue weighted by Gasteiger charge is 2.06. The Balaban J connectivity index is 2.81. The molecule has 0 saturated carbocycles. The van der Waals surface area contributed by atoms with Crippen LogP contribution in [0.4, 0.5) is 5.95 Å². The Hall–Kier alpha value is -1.52. The van der Waals surface area contributed by atoms with Gasteiger partial charge in [-0.3, -0.25) is 0 Å². The van der Waals surface area contributed by atoms with Crippen molar-refractivity contribution in [2.24, 2.45) is 0 Å². The predicted molar refractivity (Wildman–Crippen MR) is 53.4 cm³/mol. The van der Waals surface area contributed by atoms with E-state index >= 15 is 0 Å². The van der Waals surface area contributed by atoms with Gasteiger partial charge in [-0.1, -0.05) is 6.92 Å². The van der Waals surface area contributed by atoms with Crippen molar-refractivity contribution in [3.8, 4) is 11.8 Å². The molecule has 1 heterocycles. The highest BCUT2D eigenvalue weighted by molar-refractivity contribution is 5.29. The lowest BCUT2D eigenvalue weighted by Gasteiger charge is -2.11. The normalized spacial score (nSPS) is 12.2. The molecule has 14 heavy (non-hydrogen) atoms. The van der Waals surface area contributed by atoms with Crippen LogP contribution in [0.5, 0.6) is 11.8 Å². The van der Waals surface area contributed by atoms with Gasteiger partial charge in [-0.25, -0.2) is 0 Å². The van der Waals surface area contributed by atoms with Crippen LogP contribution >= 0.6 is 0 Å². The van der Waals surface area contributed by atoms with E-state index in [4.69, 9.17) is 15.2 Å². The Morgan fingerprint density at radius 2 is 2.07 bits per heavy atom. The molecule has 0 spiro atoms. The summed E-state index contributed by atoms with van der Waals surface area (Å²) in [4.78, 5) is 7.78. The van der Waals surface area contributed by atoms with Gasteiger partial charge in [0.05, 0.1) is 19.3 Å². The molecule has 0 aliphatic heterocycles. The third-order valence-corrected chi connectivity index (χ3v) is 1.80. The Bertz CT molecular complexity index is 304. The molecule has 0 fully saturated rings. The predicted octanol–water partition coefficient (Wildman–Crippen LogP) is 1.24. The zero-order valence-corrected chi connectivity index (χ0v) is 8.65. The van der Waals surface area contributed by atoms with Crippen LogP contribution in [-0.4, -0.2) is 23.2 Å². The molecular formula is C9H15N3O2. The van der Waals surface area contributed by atoms with Crippen LogP contribution in [0, 0.1) is 0 Å². The molecule has 0 bridgehead atoms. The van der Waals surface area contributed by atoms with Crippen molar-refractivity contribution in [2.45, 2.75) is 26.4 Å². The molecule has 0 saturated heterocycles. The number of methoxy groups -OCH3 is 1. The number of hydrogen-bond donors (Lipinski definition) is 1. The summed E-state index contributed by atoms with van der Waals surface area (Å²) in [5.74, 6) is 1.02. The van der Waals surface area contributed by atoms with Crippen LogP contribution in [0.2, 0.25) is 0 Å². The molecule has 1 unspecified atom stereocenters. The SMILES string of the molecule is CCC(C)Oc1cc(OC)nc(N)n1. The third-order valence-electron chi connectivity index (χ3n) is 1.80. The van der Waals surface area contributed by atoms with E-state index in [1.165, 1.54) is 7.11 Å². The van der Waals surface area contributed by atoms with Gasteiger partial charge in [0.1, 0.15) is 0 Å². The molecule has 5 heteroatoms. The summed E-state index contributed by atoms with van der Waals surface area (Å²) in [7, 11) is 1.52. The molecule has 1 atom stereocenters. The second kappa shape index (κ2) is 4.64. The maximum atomic E-state index is 5.48. The molecule has 0 aliphatic rings. The highest BCUT2D eigenvalue weighted by Crippen LogP contribution is 2.17. The number of aromatic nitrogens is 2. The van der Waals surface area contributed by atoms with E-state index in [1.54, 1.807) is 6.07 Å². The van der Waals surface area contributed by atoms with E-state index in [0.717, 1.165) is 6.42 Å². The zero-order valence-electron chi connectivity index (χ0n) is 8.65. The minimum atomic E-state index is 0.106. The summed E-state index contributed by atoms with van der Waals surface area (Å²) >= 11 is 0. The molecule has 0 radical (unpaired) electrons. The monoisotopic (exact) mass is 197 g/mol. The number of nitrogen functional groups attached to an aromatic ring is 1. The second-order valence-electron chi connectivity index (χ2n) is 2.94. The average molecular weight is 197 g/mol. The Labute approximate surface area is 83.3 Å². The first-order valence-electron chi connectivity index (χ1n) is 4.51. The average Bonchev–Trinajstić information content (AvgIpc) is 2.16. The summed E-state index contributed by atoms with van der Waals surface area (Å²) in [6.07, 6.45) is 1.01. The number of rotatable bonds is 4. The quantitative estimate of drug-likeness (QED) is 0.786. The summed E-state index contributed by atoms with van der Waals surface area (Å²) in [6, 6.07) is 1.61. The lowest BCUT2D eigenvalue weighted by molar-refractivity contribution is 0.207. The molecule has 1 rings (SSSR count). The van der Waals surface area contributed by atoms with Crippen LogP contribution in [0.1, 0.15) is 20.3 Å². The van der Waals surface area contributed by atoms with Crippen LogP contribution in [0.3, 0.4) is 0 Å². The Morgan fingerprint density at radius 3 is 2.64 bits per heavy atom. The zero-order chi connectivity index (χ0) is 10.6. The fraction of sp³-hybridized carbons (Fsp3) is 0.556. The molecular weight excluding hydrogens is 182 g/mol. The highest BCUT2D eigenvalue weighted by atomic mass is 16.5. The van der Waals surface area contributed by atoms with E-state index in [1.807, 2.05) is 13.8 Å². The molecule has 2 N–H and O–H groups in total. The van der Waals surface area contributed by atoms with Crippen molar-refractivity contribution in [3.05, 3.63) is 6.07 Å². The minimum Gasteiger partial charge on any atom is -0.481 e. The van der Waals surface area contributed by atoms with Gasteiger partial charge < -0.3 is 15.2 Å². The van der Waals surface area contributed by atoms with E-state index in [9.17, 15) is 0 Å². The van der Waals surface area contributed by atoms with Crippen molar-refractivity contribution in [3.63, 3.8) is 0 Å². The number of hydrogen-bond acceptors (Lipinski definition) is 5.